The number of anilines is 1. The Kier molecular flexibility index (Phi) is 5.75. The smallest absolute Gasteiger partial charge is 0.138 e. The summed E-state index contributed by atoms with van der Waals surface area (Å²) < 4.78 is 5.92. The van der Waals surface area contributed by atoms with Crippen LogP contribution in [0.4, 0.5) is 5.69 Å². The number of nitrogens with zero attached hydrogens (tertiary/aromatic N) is 2. The van der Waals surface area contributed by atoms with Crippen molar-refractivity contribution < 1.29 is 9.53 Å². The lowest BCUT2D eigenvalue weighted by atomic mass is 9.87. The molecule has 0 radical (unpaired) electrons. The third-order valence-corrected chi connectivity index (χ3v) is 5.44. The number of Topliss-reactive ketones (excluding diaryl/α,β-unsaturated/α-hetero) is 1. The van der Waals surface area contributed by atoms with E-state index in [1.807, 2.05) is 26.8 Å². The van der Waals surface area contributed by atoms with E-state index >= 15 is 0 Å². The first-order chi connectivity index (χ1) is 12.7. The number of rotatable bonds is 5. The van der Waals surface area contributed by atoms with Crippen LogP contribution in [0, 0.1) is 5.41 Å². The molecule has 0 atom stereocenters. The molecule has 1 aromatic carbocycles. The lowest BCUT2D eigenvalue weighted by Crippen LogP contribution is -2.44. The van der Waals surface area contributed by atoms with E-state index in [0.717, 1.165) is 50.3 Å². The van der Waals surface area contributed by atoms with Crippen LogP contribution >= 0.6 is 0 Å². The molecule has 2 heterocycles. The molecule has 4 nitrogen and oxygen atoms in total. The third kappa shape index (κ3) is 4.81. The summed E-state index contributed by atoms with van der Waals surface area (Å²) in [6.07, 6.45) is 4.35. The van der Waals surface area contributed by atoms with Crippen molar-refractivity contribution in [1.82, 2.24) is 4.90 Å². The highest BCUT2D eigenvalue weighted by atomic mass is 16.5. The molecule has 0 aliphatic carbocycles. The Morgan fingerprint density at radius 1 is 1.19 bits per heavy atom. The van der Waals surface area contributed by atoms with Gasteiger partial charge in [0.2, 0.25) is 0 Å². The molecule has 3 rings (SSSR count). The molecule has 0 N–H and O–H groups in total. The standard InChI is InChI=1S/C23H32N2O2/c1-17-15-18(7-6-8-22(26)23(2,3)4)20-10-9-19(16-21(20)27-17)25-13-11-24(5)12-14-25/h9-10,15-16H,1,6-8,11-14H2,2-5H3. The molecular weight excluding hydrogens is 336 g/mol. The zero-order chi connectivity index (χ0) is 19.6. The first-order valence-corrected chi connectivity index (χ1v) is 9.92. The molecule has 4 heteroatoms. The highest BCUT2D eigenvalue weighted by Crippen LogP contribution is 2.38. The van der Waals surface area contributed by atoms with Crippen LogP contribution in [0.15, 0.2) is 36.6 Å². The van der Waals surface area contributed by atoms with E-state index in [1.165, 1.54) is 11.3 Å². The number of ether oxygens (including phenoxy) is 1. The van der Waals surface area contributed by atoms with Gasteiger partial charge in [-0.2, -0.15) is 0 Å². The average Bonchev–Trinajstić information content (AvgIpc) is 2.60. The second-order valence-electron chi connectivity index (χ2n) is 8.74. The molecular formula is C23H32N2O2. The van der Waals surface area contributed by atoms with Crippen LogP contribution in [-0.4, -0.2) is 43.9 Å². The molecule has 0 bridgehead atoms. The first kappa shape index (κ1) is 19.7. The van der Waals surface area contributed by atoms with Crippen LogP contribution in [0.2, 0.25) is 0 Å². The van der Waals surface area contributed by atoms with Crippen molar-refractivity contribution in [2.45, 2.75) is 40.0 Å². The molecule has 2 aliphatic heterocycles. The van der Waals surface area contributed by atoms with Gasteiger partial charge in [-0.25, -0.2) is 0 Å². The van der Waals surface area contributed by atoms with Crippen molar-refractivity contribution in [3.05, 3.63) is 42.2 Å². The van der Waals surface area contributed by atoms with Gasteiger partial charge in [0.05, 0.1) is 0 Å². The maximum absolute atomic E-state index is 12.2. The number of piperazine rings is 1. The highest BCUT2D eigenvalue weighted by Gasteiger charge is 2.22. The Morgan fingerprint density at radius 3 is 2.56 bits per heavy atom. The fraction of sp³-hybridized carbons (Fsp3) is 0.522. The van der Waals surface area contributed by atoms with Crippen LogP contribution in [0.25, 0.3) is 5.57 Å². The van der Waals surface area contributed by atoms with Crippen LogP contribution in [0.1, 0.15) is 45.6 Å². The summed E-state index contributed by atoms with van der Waals surface area (Å²) >= 11 is 0. The van der Waals surface area contributed by atoms with Gasteiger partial charge in [0.25, 0.3) is 0 Å². The van der Waals surface area contributed by atoms with Crippen LogP contribution in [0.5, 0.6) is 5.75 Å². The van der Waals surface area contributed by atoms with Gasteiger partial charge < -0.3 is 14.5 Å². The molecule has 0 saturated carbocycles. The topological polar surface area (TPSA) is 32.8 Å². The number of carbonyl (C=O) groups is 1. The SMILES string of the molecule is C=C1C=C(CCCC(=O)C(C)(C)C)c2ccc(N3CCN(C)CC3)cc2O1. The van der Waals surface area contributed by atoms with Crippen molar-refractivity contribution in [2.24, 2.45) is 5.41 Å². The zero-order valence-corrected chi connectivity index (χ0v) is 17.2. The fourth-order valence-corrected chi connectivity index (χ4v) is 3.59. The predicted octanol–water partition coefficient (Wildman–Crippen LogP) is 4.51. The molecule has 1 fully saturated rings. The van der Waals surface area contributed by atoms with Gasteiger partial charge in [0.15, 0.2) is 0 Å². The van der Waals surface area contributed by atoms with Gasteiger partial charge in [0.1, 0.15) is 17.3 Å². The van der Waals surface area contributed by atoms with Crippen LogP contribution in [0.3, 0.4) is 0 Å². The van der Waals surface area contributed by atoms with E-state index in [1.54, 1.807) is 0 Å². The van der Waals surface area contributed by atoms with Crippen molar-refractivity contribution in [1.29, 1.82) is 0 Å². The summed E-state index contributed by atoms with van der Waals surface area (Å²) in [7, 11) is 2.17. The average molecular weight is 369 g/mol. The molecule has 27 heavy (non-hydrogen) atoms. The second-order valence-corrected chi connectivity index (χ2v) is 8.74. The normalized spacial score (nSPS) is 18.0. The van der Waals surface area contributed by atoms with Crippen molar-refractivity contribution in [3.8, 4) is 5.75 Å². The minimum Gasteiger partial charge on any atom is -0.457 e. The lowest BCUT2D eigenvalue weighted by molar-refractivity contribution is -0.126. The molecule has 0 unspecified atom stereocenters. The van der Waals surface area contributed by atoms with Gasteiger partial charge in [0, 0.05) is 55.3 Å². The Balaban J connectivity index is 1.70. The van der Waals surface area contributed by atoms with Gasteiger partial charge in [-0.3, -0.25) is 4.79 Å². The van der Waals surface area contributed by atoms with Crippen molar-refractivity contribution in [2.75, 3.05) is 38.1 Å². The largest absolute Gasteiger partial charge is 0.457 e. The van der Waals surface area contributed by atoms with E-state index in [0.29, 0.717) is 18.0 Å². The molecule has 1 aromatic rings. The van der Waals surface area contributed by atoms with Crippen molar-refractivity contribution >= 4 is 17.0 Å². The van der Waals surface area contributed by atoms with Gasteiger partial charge in [-0.15, -0.1) is 0 Å². The number of ketones is 1. The third-order valence-electron chi connectivity index (χ3n) is 5.44. The number of carbonyl (C=O) groups excluding carboxylic acids is 1. The minimum atomic E-state index is -0.261. The fourth-order valence-electron chi connectivity index (χ4n) is 3.59. The summed E-state index contributed by atoms with van der Waals surface area (Å²) in [4.78, 5) is 17.0. The molecule has 0 amide bonds. The highest BCUT2D eigenvalue weighted by molar-refractivity contribution is 5.84. The Morgan fingerprint density at radius 2 is 1.89 bits per heavy atom. The Hall–Kier alpha value is -2.07. The molecule has 146 valence electrons. The maximum atomic E-state index is 12.2. The van der Waals surface area contributed by atoms with E-state index in [4.69, 9.17) is 4.74 Å². The number of likely N-dealkylation sites (N-methyl/N-ethyl adjacent to an activating group) is 1. The first-order valence-electron chi connectivity index (χ1n) is 9.92. The molecule has 2 aliphatic rings. The van der Waals surface area contributed by atoms with Crippen LogP contribution in [-0.2, 0) is 4.79 Å². The van der Waals surface area contributed by atoms with E-state index in [2.05, 4.69) is 41.6 Å². The predicted molar refractivity (Wildman–Crippen MR) is 112 cm³/mol. The lowest BCUT2D eigenvalue weighted by Gasteiger charge is -2.34. The summed E-state index contributed by atoms with van der Waals surface area (Å²) in [5.41, 5.74) is 3.29. The Labute approximate surface area is 163 Å². The van der Waals surface area contributed by atoms with Gasteiger partial charge in [-0.05, 0) is 43.7 Å². The van der Waals surface area contributed by atoms with Crippen LogP contribution < -0.4 is 9.64 Å². The molecule has 0 aromatic heterocycles. The Bertz CT molecular complexity index is 750. The van der Waals surface area contributed by atoms with E-state index in [-0.39, 0.29) is 5.41 Å². The van der Waals surface area contributed by atoms with E-state index < -0.39 is 0 Å². The number of fused-ring (bicyclic) bond motifs is 1. The quantitative estimate of drug-likeness (QED) is 0.765. The second kappa shape index (κ2) is 7.89. The van der Waals surface area contributed by atoms with E-state index in [9.17, 15) is 4.79 Å². The minimum absolute atomic E-state index is 0.261. The number of hydrogen-bond acceptors (Lipinski definition) is 4. The van der Waals surface area contributed by atoms with Gasteiger partial charge >= 0.3 is 0 Å². The summed E-state index contributed by atoms with van der Waals surface area (Å²) in [6, 6.07) is 6.49. The summed E-state index contributed by atoms with van der Waals surface area (Å²) in [6.45, 7) is 14.2. The molecule has 0 spiro atoms. The molecule has 1 saturated heterocycles. The summed E-state index contributed by atoms with van der Waals surface area (Å²) in [5, 5.41) is 0. The van der Waals surface area contributed by atoms with Gasteiger partial charge in [-0.1, -0.05) is 27.4 Å². The number of hydrogen-bond donors (Lipinski definition) is 0. The number of allylic oxidation sites excluding steroid dienone is 2. The monoisotopic (exact) mass is 368 g/mol. The maximum Gasteiger partial charge on any atom is 0.138 e. The number of benzene rings is 1. The summed E-state index contributed by atoms with van der Waals surface area (Å²) in [5.74, 6) is 1.88. The zero-order valence-electron chi connectivity index (χ0n) is 17.2. The van der Waals surface area contributed by atoms with Crippen molar-refractivity contribution in [3.63, 3.8) is 0 Å².